The third-order valence-corrected chi connectivity index (χ3v) is 4.77. The van der Waals surface area contributed by atoms with Gasteiger partial charge in [0.05, 0.1) is 12.3 Å². The smallest absolute Gasteiger partial charge is 0.225 e. The van der Waals surface area contributed by atoms with Crippen LogP contribution in [0.3, 0.4) is 0 Å². The fraction of sp³-hybridized carbons (Fsp3) is 0.500. The number of hydrogen-bond acceptors (Lipinski definition) is 5. The van der Waals surface area contributed by atoms with Gasteiger partial charge in [-0.05, 0) is 37.3 Å². The van der Waals surface area contributed by atoms with Crippen molar-refractivity contribution in [2.75, 3.05) is 16.8 Å². The number of fused-ring (bicyclic) bond motifs is 1. The Bertz CT molecular complexity index is 731. The molecule has 0 spiro atoms. The second-order valence-electron chi connectivity index (χ2n) is 7.31. The van der Waals surface area contributed by atoms with E-state index in [-0.39, 0.29) is 12.6 Å². The average molecular weight is 340 g/mol. The van der Waals surface area contributed by atoms with Crippen molar-refractivity contribution in [3.63, 3.8) is 0 Å². The van der Waals surface area contributed by atoms with Crippen LogP contribution in [0.15, 0.2) is 30.3 Å². The Labute approximate surface area is 150 Å². The van der Waals surface area contributed by atoms with Crippen molar-refractivity contribution in [1.29, 1.82) is 0 Å². The van der Waals surface area contributed by atoms with Gasteiger partial charge in [-0.3, -0.25) is 0 Å². The first-order valence-electron chi connectivity index (χ1n) is 9.07. The van der Waals surface area contributed by atoms with E-state index in [1.165, 1.54) is 11.1 Å². The fourth-order valence-electron chi connectivity index (χ4n) is 3.21. The summed E-state index contributed by atoms with van der Waals surface area (Å²) in [6.07, 6.45) is 1.02. The molecule has 2 heterocycles. The number of rotatable bonds is 5. The van der Waals surface area contributed by atoms with E-state index < -0.39 is 0 Å². The number of nitrogens with one attached hydrogen (secondary N) is 1. The second kappa shape index (κ2) is 7.40. The Kier molecular flexibility index (Phi) is 5.23. The third kappa shape index (κ3) is 3.93. The zero-order valence-corrected chi connectivity index (χ0v) is 15.5. The van der Waals surface area contributed by atoms with Crippen LogP contribution >= 0.6 is 0 Å². The van der Waals surface area contributed by atoms with Crippen LogP contribution in [0.1, 0.15) is 50.4 Å². The highest BCUT2D eigenvalue weighted by molar-refractivity contribution is 5.50. The van der Waals surface area contributed by atoms with E-state index in [4.69, 9.17) is 4.98 Å². The van der Waals surface area contributed by atoms with E-state index in [1.54, 1.807) is 0 Å². The molecule has 0 radical (unpaired) electrons. The number of aliphatic hydroxyl groups is 1. The lowest BCUT2D eigenvalue weighted by Crippen LogP contribution is -2.39. The molecule has 2 aromatic rings. The summed E-state index contributed by atoms with van der Waals surface area (Å²) in [5.41, 5.74) is 3.81. The Hall–Kier alpha value is -2.14. The minimum absolute atomic E-state index is 0.0537. The zero-order valence-electron chi connectivity index (χ0n) is 15.5. The van der Waals surface area contributed by atoms with Gasteiger partial charge in [0, 0.05) is 24.7 Å². The topological polar surface area (TPSA) is 61.3 Å². The molecule has 0 bridgehead atoms. The second-order valence-corrected chi connectivity index (χ2v) is 7.31. The molecule has 3 rings (SSSR count). The molecule has 2 atom stereocenters. The number of hydrogen-bond donors (Lipinski definition) is 2. The number of nitrogens with zero attached hydrogens (tertiary/aromatic N) is 3. The molecule has 0 saturated carbocycles. The Balaban J connectivity index is 1.95. The van der Waals surface area contributed by atoms with E-state index >= 15 is 0 Å². The predicted molar refractivity (Wildman–Crippen MR) is 102 cm³/mol. The van der Waals surface area contributed by atoms with E-state index in [0.717, 1.165) is 24.5 Å². The number of aromatic nitrogens is 2. The molecule has 1 aromatic heterocycles. The van der Waals surface area contributed by atoms with Gasteiger partial charge in [0.25, 0.3) is 0 Å². The molecular weight excluding hydrogens is 312 g/mol. The van der Waals surface area contributed by atoms with Crippen LogP contribution in [0.2, 0.25) is 0 Å². The van der Waals surface area contributed by atoms with Crippen LogP contribution in [-0.4, -0.2) is 33.8 Å². The summed E-state index contributed by atoms with van der Waals surface area (Å²) in [7, 11) is 0. The largest absolute Gasteiger partial charge is 0.394 e. The van der Waals surface area contributed by atoms with Crippen molar-refractivity contribution < 1.29 is 5.11 Å². The lowest BCUT2D eigenvalue weighted by molar-refractivity contribution is 0.281. The predicted octanol–water partition coefficient (Wildman–Crippen LogP) is 3.34. The van der Waals surface area contributed by atoms with E-state index in [2.05, 4.69) is 66.3 Å². The lowest BCUT2D eigenvalue weighted by atomic mass is 9.95. The summed E-state index contributed by atoms with van der Waals surface area (Å²) in [4.78, 5) is 11.7. The minimum atomic E-state index is -0.0743. The zero-order chi connectivity index (χ0) is 18.0. The summed E-state index contributed by atoms with van der Waals surface area (Å²) < 4.78 is 0. The maximum Gasteiger partial charge on any atom is 0.225 e. The molecule has 25 heavy (non-hydrogen) atoms. The summed E-state index contributed by atoms with van der Waals surface area (Å²) in [5.74, 6) is 1.86. The van der Waals surface area contributed by atoms with Gasteiger partial charge in [-0.15, -0.1) is 0 Å². The average Bonchev–Trinajstić information content (AvgIpc) is 2.60. The molecule has 134 valence electrons. The number of benzene rings is 1. The van der Waals surface area contributed by atoms with E-state index in [0.29, 0.717) is 17.9 Å². The van der Waals surface area contributed by atoms with Gasteiger partial charge in [0.1, 0.15) is 5.82 Å². The van der Waals surface area contributed by atoms with Gasteiger partial charge in [-0.25, -0.2) is 4.98 Å². The first-order valence-corrected chi connectivity index (χ1v) is 9.07. The Morgan fingerprint density at radius 1 is 1.20 bits per heavy atom. The summed E-state index contributed by atoms with van der Waals surface area (Å²) >= 11 is 0. The maximum absolute atomic E-state index is 9.32. The molecule has 5 heteroatoms. The van der Waals surface area contributed by atoms with Gasteiger partial charge in [0.2, 0.25) is 5.95 Å². The Morgan fingerprint density at radius 3 is 2.60 bits per heavy atom. The van der Waals surface area contributed by atoms with E-state index in [1.807, 2.05) is 6.92 Å². The van der Waals surface area contributed by atoms with Crippen molar-refractivity contribution in [2.45, 2.75) is 58.7 Å². The first kappa shape index (κ1) is 17.7. The molecular formula is C20H28N4O. The molecule has 0 amide bonds. The van der Waals surface area contributed by atoms with E-state index in [9.17, 15) is 5.11 Å². The molecule has 0 aliphatic carbocycles. The van der Waals surface area contributed by atoms with Crippen molar-refractivity contribution >= 4 is 11.8 Å². The van der Waals surface area contributed by atoms with Crippen LogP contribution in [-0.2, 0) is 13.0 Å². The van der Waals surface area contributed by atoms with Crippen molar-refractivity contribution in [3.8, 4) is 0 Å². The number of aliphatic hydroxyl groups excluding tert-OH is 1. The van der Waals surface area contributed by atoms with Crippen molar-refractivity contribution in [3.05, 3.63) is 47.2 Å². The molecule has 0 saturated heterocycles. The fourth-order valence-corrected chi connectivity index (χ4v) is 3.21. The maximum atomic E-state index is 9.32. The summed E-state index contributed by atoms with van der Waals surface area (Å²) in [6.45, 7) is 9.36. The molecule has 1 aliphatic rings. The highest BCUT2D eigenvalue weighted by Crippen LogP contribution is 2.29. The summed E-state index contributed by atoms with van der Waals surface area (Å²) in [5, 5.41) is 12.5. The lowest BCUT2D eigenvalue weighted by Gasteiger charge is -2.36. The number of anilines is 2. The Morgan fingerprint density at radius 2 is 1.92 bits per heavy atom. The van der Waals surface area contributed by atoms with Gasteiger partial charge in [-0.2, -0.15) is 4.98 Å². The monoisotopic (exact) mass is 340 g/mol. The third-order valence-electron chi connectivity index (χ3n) is 4.77. The molecule has 5 nitrogen and oxygen atoms in total. The quantitative estimate of drug-likeness (QED) is 0.874. The van der Waals surface area contributed by atoms with Gasteiger partial charge in [0.15, 0.2) is 0 Å². The van der Waals surface area contributed by atoms with Crippen LogP contribution in [0.4, 0.5) is 11.8 Å². The SMILES string of the molecule is CC(C)c1cc(N2Cc3ccccc3C[C@H]2C)nc(N[C@@H](C)CO)n1. The molecule has 2 N–H and O–H groups in total. The molecule has 0 unspecified atom stereocenters. The highest BCUT2D eigenvalue weighted by Gasteiger charge is 2.25. The van der Waals surface area contributed by atoms with Gasteiger partial charge < -0.3 is 15.3 Å². The normalized spacial score (nSPS) is 18.2. The summed E-state index contributed by atoms with van der Waals surface area (Å²) in [6, 6.07) is 11.0. The van der Waals surface area contributed by atoms with Crippen LogP contribution in [0.25, 0.3) is 0 Å². The molecule has 0 fully saturated rings. The highest BCUT2D eigenvalue weighted by atomic mass is 16.3. The molecule has 1 aliphatic heterocycles. The standard InChI is InChI=1S/C20H28N4O/c1-13(2)18-10-19(23-20(22-18)21-14(3)12-25)24-11-17-8-6-5-7-16(17)9-15(24)4/h5-8,10,13-15,25H,9,11-12H2,1-4H3,(H,21,22,23)/t14-,15+/m0/s1. The van der Waals surface area contributed by atoms with Crippen LogP contribution in [0, 0.1) is 0 Å². The molecule has 1 aromatic carbocycles. The van der Waals surface area contributed by atoms with Crippen molar-refractivity contribution in [1.82, 2.24) is 9.97 Å². The van der Waals surface area contributed by atoms with Crippen LogP contribution in [0.5, 0.6) is 0 Å². The van der Waals surface area contributed by atoms with Crippen LogP contribution < -0.4 is 10.2 Å². The minimum Gasteiger partial charge on any atom is -0.394 e. The van der Waals surface area contributed by atoms with Gasteiger partial charge in [-0.1, -0.05) is 38.1 Å². The van der Waals surface area contributed by atoms with Crippen molar-refractivity contribution in [2.24, 2.45) is 0 Å². The van der Waals surface area contributed by atoms with Gasteiger partial charge >= 0.3 is 0 Å². The first-order chi connectivity index (χ1) is 12.0.